The molecule has 4 aliphatic rings. The van der Waals surface area contributed by atoms with E-state index in [9.17, 15) is 9.59 Å². The Hall–Kier alpha value is -2.24. The first-order valence-corrected chi connectivity index (χ1v) is 13.7. The van der Waals surface area contributed by atoms with Crippen LogP contribution >= 0.6 is 0 Å². The summed E-state index contributed by atoms with van der Waals surface area (Å²) in [4.78, 5) is 28.1. The van der Waals surface area contributed by atoms with Gasteiger partial charge in [-0.1, -0.05) is 24.6 Å². The Morgan fingerprint density at radius 2 is 1.89 bits per heavy atom. The van der Waals surface area contributed by atoms with Crippen molar-refractivity contribution in [2.45, 2.75) is 57.8 Å². The van der Waals surface area contributed by atoms with Crippen LogP contribution in [0.25, 0.3) is 0 Å². The number of nitrogens with zero attached hydrogens (tertiary/aromatic N) is 1. The first-order chi connectivity index (χ1) is 17.3. The number of hydrogen-bond acceptors (Lipinski definition) is 5. The Labute approximate surface area is 215 Å². The van der Waals surface area contributed by atoms with E-state index in [-0.39, 0.29) is 35.4 Å². The van der Waals surface area contributed by atoms with Gasteiger partial charge < -0.3 is 14.4 Å². The quantitative estimate of drug-likeness (QED) is 0.490. The second-order valence-electron chi connectivity index (χ2n) is 11.8. The highest BCUT2D eigenvalue weighted by atomic mass is 16.5. The largest absolute Gasteiger partial charge is 0.492 e. The number of ketones is 2. The molecule has 0 spiro atoms. The highest BCUT2D eigenvalue weighted by molar-refractivity contribution is 5.98. The first kappa shape index (κ1) is 25.4. The second kappa shape index (κ2) is 10.3. The Morgan fingerprint density at radius 3 is 2.61 bits per heavy atom. The topological polar surface area (TPSA) is 55.8 Å². The molecule has 5 heteroatoms. The van der Waals surface area contributed by atoms with Gasteiger partial charge in [-0.2, -0.15) is 0 Å². The van der Waals surface area contributed by atoms with E-state index in [1.807, 2.05) is 32.3 Å². The molecular weight excluding hydrogens is 450 g/mol. The molecule has 4 aliphatic carbocycles. The molecule has 2 saturated carbocycles. The Bertz CT molecular complexity index is 1070. The number of likely N-dealkylation sites (N-methyl/N-ethyl adjacent to an activating group) is 1. The van der Waals surface area contributed by atoms with Gasteiger partial charge in [-0.25, -0.2) is 0 Å². The van der Waals surface area contributed by atoms with E-state index in [1.165, 1.54) is 11.1 Å². The van der Waals surface area contributed by atoms with Crippen molar-refractivity contribution in [3.63, 3.8) is 0 Å². The minimum absolute atomic E-state index is 0.0812. The van der Waals surface area contributed by atoms with Crippen LogP contribution in [0, 0.1) is 23.2 Å². The molecule has 0 heterocycles. The molecule has 0 bridgehead atoms. The van der Waals surface area contributed by atoms with Gasteiger partial charge in [0.15, 0.2) is 11.6 Å². The van der Waals surface area contributed by atoms with Gasteiger partial charge in [0.1, 0.15) is 19.0 Å². The SMILES string of the molecule is COCC(=O)[C@H]1CC[C@H]2[C@@H]3CCC4=CC(=O)C(c5ccc(OCCN(C)C)cc5)CC4=C3CC[C@]12C. The molecule has 0 aliphatic heterocycles. The second-order valence-corrected chi connectivity index (χ2v) is 11.8. The van der Waals surface area contributed by atoms with Gasteiger partial charge in [0.25, 0.3) is 0 Å². The van der Waals surface area contributed by atoms with Crippen molar-refractivity contribution in [3.05, 3.63) is 52.6 Å². The number of fused-ring (bicyclic) bond motifs is 4. The Kier molecular flexibility index (Phi) is 7.24. The van der Waals surface area contributed by atoms with Gasteiger partial charge in [0.2, 0.25) is 0 Å². The van der Waals surface area contributed by atoms with Gasteiger partial charge in [-0.15, -0.1) is 0 Å². The van der Waals surface area contributed by atoms with Crippen molar-refractivity contribution in [1.82, 2.24) is 4.90 Å². The van der Waals surface area contributed by atoms with Crippen LogP contribution in [0.15, 0.2) is 47.1 Å². The van der Waals surface area contributed by atoms with E-state index in [0.717, 1.165) is 62.8 Å². The fourth-order valence-electron chi connectivity index (χ4n) is 7.73. The normalized spacial score (nSPS) is 31.6. The minimum Gasteiger partial charge on any atom is -0.492 e. The zero-order valence-corrected chi connectivity index (χ0v) is 22.3. The smallest absolute Gasteiger partial charge is 0.163 e. The molecule has 194 valence electrons. The van der Waals surface area contributed by atoms with Gasteiger partial charge in [0, 0.05) is 19.6 Å². The minimum atomic E-state index is -0.112. The van der Waals surface area contributed by atoms with Crippen LogP contribution < -0.4 is 4.74 Å². The lowest BCUT2D eigenvalue weighted by Gasteiger charge is -2.49. The van der Waals surface area contributed by atoms with E-state index in [4.69, 9.17) is 9.47 Å². The molecule has 1 unspecified atom stereocenters. The zero-order chi connectivity index (χ0) is 25.4. The summed E-state index contributed by atoms with van der Waals surface area (Å²) >= 11 is 0. The van der Waals surface area contributed by atoms with E-state index >= 15 is 0 Å². The molecule has 5 nitrogen and oxygen atoms in total. The maximum atomic E-state index is 13.2. The van der Waals surface area contributed by atoms with Crippen molar-refractivity contribution in [3.8, 4) is 5.75 Å². The van der Waals surface area contributed by atoms with Crippen molar-refractivity contribution in [2.75, 3.05) is 41.0 Å². The lowest BCUT2D eigenvalue weighted by atomic mass is 9.55. The number of rotatable bonds is 8. The van der Waals surface area contributed by atoms with Gasteiger partial charge in [-0.05, 0) is 111 Å². The molecule has 2 fully saturated rings. The molecule has 1 aromatic rings. The maximum absolute atomic E-state index is 13.2. The molecule has 0 aromatic heterocycles. The van der Waals surface area contributed by atoms with E-state index < -0.39 is 0 Å². The highest BCUT2D eigenvalue weighted by Crippen LogP contribution is 2.62. The van der Waals surface area contributed by atoms with E-state index in [0.29, 0.717) is 18.4 Å². The molecule has 0 N–H and O–H groups in total. The molecule has 36 heavy (non-hydrogen) atoms. The Balaban J connectivity index is 1.35. The molecule has 0 radical (unpaired) electrons. The molecule has 5 rings (SSSR count). The summed E-state index contributed by atoms with van der Waals surface area (Å²) in [6, 6.07) is 8.14. The van der Waals surface area contributed by atoms with Crippen LogP contribution in [0.5, 0.6) is 5.75 Å². The fourth-order valence-corrected chi connectivity index (χ4v) is 7.73. The molecular formula is C31H41NO4. The summed E-state index contributed by atoms with van der Waals surface area (Å²) < 4.78 is 11.1. The number of hydrogen-bond donors (Lipinski definition) is 0. The number of carbonyl (C=O) groups excluding carboxylic acids is 2. The van der Waals surface area contributed by atoms with Crippen molar-refractivity contribution < 1.29 is 19.1 Å². The summed E-state index contributed by atoms with van der Waals surface area (Å²) in [6.45, 7) is 4.12. The first-order valence-electron chi connectivity index (χ1n) is 13.7. The van der Waals surface area contributed by atoms with Gasteiger partial charge >= 0.3 is 0 Å². The molecule has 0 saturated heterocycles. The lowest BCUT2D eigenvalue weighted by molar-refractivity contribution is -0.131. The highest BCUT2D eigenvalue weighted by Gasteiger charge is 2.55. The fraction of sp³-hybridized carbons (Fsp3) is 0.613. The van der Waals surface area contributed by atoms with Gasteiger partial charge in [0.05, 0.1) is 5.92 Å². The third kappa shape index (κ3) is 4.61. The predicted octanol–water partition coefficient (Wildman–Crippen LogP) is 5.36. The number of carbonyl (C=O) groups is 2. The predicted molar refractivity (Wildman–Crippen MR) is 141 cm³/mol. The third-order valence-electron chi connectivity index (χ3n) is 9.61. The van der Waals surface area contributed by atoms with Crippen LogP contribution in [0.1, 0.15) is 63.4 Å². The van der Waals surface area contributed by atoms with E-state index in [2.05, 4.69) is 24.0 Å². The summed E-state index contributed by atoms with van der Waals surface area (Å²) in [5.74, 6) is 2.51. The summed E-state index contributed by atoms with van der Waals surface area (Å²) in [7, 11) is 5.69. The number of benzene rings is 1. The number of Topliss-reactive ketones (excluding diaryl/α,β-unsaturated/α-hetero) is 1. The average Bonchev–Trinajstić information content (AvgIpc) is 3.21. The van der Waals surface area contributed by atoms with Crippen molar-refractivity contribution in [2.24, 2.45) is 23.2 Å². The van der Waals surface area contributed by atoms with Crippen LogP contribution in [0.4, 0.5) is 0 Å². The van der Waals surface area contributed by atoms with Crippen molar-refractivity contribution >= 4 is 11.6 Å². The lowest BCUT2D eigenvalue weighted by Crippen LogP contribution is -2.43. The Morgan fingerprint density at radius 1 is 1.11 bits per heavy atom. The number of methoxy groups -OCH3 is 1. The molecule has 0 amide bonds. The summed E-state index contributed by atoms with van der Waals surface area (Å²) in [6.07, 6.45) is 9.12. The average molecular weight is 492 g/mol. The van der Waals surface area contributed by atoms with Crippen LogP contribution in [0.3, 0.4) is 0 Å². The maximum Gasteiger partial charge on any atom is 0.163 e. The molecule has 5 atom stereocenters. The van der Waals surface area contributed by atoms with Gasteiger partial charge in [-0.3, -0.25) is 9.59 Å². The standard InChI is InChI=1S/C31H41NO4/c1-31-14-13-23-24(27(31)11-12-28(31)30(34)19-35-4)10-7-21-17-29(33)26(18-25(21)23)20-5-8-22(9-6-20)36-16-15-32(2)3/h5-6,8-9,17,24,26-28H,7,10-16,18-19H2,1-4H3/t24-,26?,27+,28-,31+/m1/s1. The van der Waals surface area contributed by atoms with Crippen molar-refractivity contribution in [1.29, 1.82) is 0 Å². The summed E-state index contributed by atoms with van der Waals surface area (Å²) in [5.41, 5.74) is 5.49. The number of ether oxygens (including phenoxy) is 2. The monoisotopic (exact) mass is 491 g/mol. The molecule has 1 aromatic carbocycles. The third-order valence-corrected chi connectivity index (χ3v) is 9.61. The zero-order valence-electron chi connectivity index (χ0n) is 22.3. The number of allylic oxidation sites excluding steroid dienone is 4. The van der Waals surface area contributed by atoms with E-state index in [1.54, 1.807) is 12.7 Å². The van der Waals surface area contributed by atoms with Crippen LogP contribution in [-0.4, -0.2) is 57.4 Å². The summed E-state index contributed by atoms with van der Waals surface area (Å²) in [5, 5.41) is 0. The van der Waals surface area contributed by atoms with Crippen LogP contribution in [-0.2, 0) is 14.3 Å². The van der Waals surface area contributed by atoms with Crippen LogP contribution in [0.2, 0.25) is 0 Å².